The molecule has 2 atom stereocenters. The van der Waals surface area contributed by atoms with Crippen LogP contribution in [0.5, 0.6) is 0 Å². The molecule has 0 aliphatic rings. The van der Waals surface area contributed by atoms with Gasteiger partial charge in [0, 0.05) is 0 Å². The zero-order valence-electron chi connectivity index (χ0n) is 9.17. The molecule has 0 aromatic heterocycles. The molecule has 0 bridgehead atoms. The van der Waals surface area contributed by atoms with E-state index in [4.69, 9.17) is 11.5 Å². The molecule has 0 radical (unpaired) electrons. The Balaban J connectivity index is -0.000000845. The second kappa shape index (κ2) is 13.3. The van der Waals surface area contributed by atoms with Crippen LogP contribution < -0.4 is 80.8 Å². The molecule has 0 aliphatic carbocycles. The Labute approximate surface area is 149 Å². The minimum absolute atomic E-state index is 0. The summed E-state index contributed by atoms with van der Waals surface area (Å²) in [5.74, 6) is -2.54. The first-order chi connectivity index (χ1) is 6.45. The van der Waals surface area contributed by atoms with E-state index in [0.717, 1.165) is 0 Å². The Morgan fingerprint density at radius 2 is 1.19 bits per heavy atom. The summed E-state index contributed by atoms with van der Waals surface area (Å²) in [5.41, 5.74) is 10.4. The predicted molar refractivity (Wildman–Crippen MR) is 47.1 cm³/mol. The number of carbonyl (C=O) groups excluding carboxylic acids is 2. The molecular weight excluding hydrogens is 368 g/mol. The molecule has 10 heteroatoms. The molecule has 0 heterocycles. The van der Waals surface area contributed by atoms with Crippen LogP contribution in [0.1, 0.15) is 0 Å². The maximum Gasteiger partial charge on any atom is 1.00 e. The molecular formula is C6H10N2Na2O4Se2. The van der Waals surface area contributed by atoms with Crippen molar-refractivity contribution in [3.8, 4) is 0 Å². The summed E-state index contributed by atoms with van der Waals surface area (Å²) in [6.07, 6.45) is 0. The van der Waals surface area contributed by atoms with Gasteiger partial charge in [0.25, 0.3) is 0 Å². The standard InChI is InChI=1S/C6H12N2O4Se2.2Na/c7-3(5(9)10)1-13-14-2-4(8)6(11)12;;/h3-4H,1-2,7-8H2,(H,9,10)(H,11,12);;/q;2*+1/p-2/t3-,4-;;/m0../s1. The molecule has 0 fully saturated rings. The third-order valence-electron chi connectivity index (χ3n) is 1.18. The van der Waals surface area contributed by atoms with Crippen molar-refractivity contribution in [2.75, 3.05) is 0 Å². The van der Waals surface area contributed by atoms with E-state index in [1.54, 1.807) is 0 Å². The molecule has 0 rings (SSSR count). The Kier molecular flexibility index (Phi) is 19.2. The normalized spacial score (nSPS) is 12.9. The summed E-state index contributed by atoms with van der Waals surface area (Å²) >= 11 is 0.0825. The van der Waals surface area contributed by atoms with Gasteiger partial charge in [0.15, 0.2) is 0 Å². The van der Waals surface area contributed by atoms with Gasteiger partial charge in [0.05, 0.1) is 0 Å². The fourth-order valence-corrected chi connectivity index (χ4v) is 7.26. The summed E-state index contributed by atoms with van der Waals surface area (Å²) in [6, 6.07) is -1.90. The molecule has 0 amide bonds. The predicted octanol–water partition coefficient (Wildman–Crippen LogP) is -10.7. The Hall–Kier alpha value is 1.90. The molecule has 0 saturated heterocycles. The molecule has 0 aromatic carbocycles. The first-order valence-electron chi connectivity index (χ1n) is 3.62. The second-order valence-corrected chi connectivity index (χ2v) is 9.95. The Morgan fingerprint density at radius 1 is 0.938 bits per heavy atom. The molecule has 0 saturated carbocycles. The van der Waals surface area contributed by atoms with E-state index in [0.29, 0.717) is 10.6 Å². The number of carbonyl (C=O) groups is 2. The monoisotopic (exact) mass is 380 g/mol. The number of carboxylic acid groups (broad SMARTS) is 2. The third kappa shape index (κ3) is 12.4. The van der Waals surface area contributed by atoms with E-state index in [-0.39, 0.29) is 85.4 Å². The van der Waals surface area contributed by atoms with Crippen LogP contribution in [0.15, 0.2) is 0 Å². The molecule has 16 heavy (non-hydrogen) atoms. The third-order valence-corrected chi connectivity index (χ3v) is 8.40. The van der Waals surface area contributed by atoms with E-state index >= 15 is 0 Å². The van der Waals surface area contributed by atoms with E-state index in [1.807, 2.05) is 0 Å². The molecule has 0 aromatic rings. The van der Waals surface area contributed by atoms with Crippen molar-refractivity contribution in [3.05, 3.63) is 0 Å². The average molecular weight is 378 g/mol. The van der Waals surface area contributed by atoms with Crippen molar-refractivity contribution in [2.45, 2.75) is 22.7 Å². The van der Waals surface area contributed by atoms with Crippen LogP contribution in [-0.2, 0) is 9.59 Å². The van der Waals surface area contributed by atoms with E-state index in [9.17, 15) is 19.8 Å². The fraction of sp³-hybridized carbons (Fsp3) is 0.667. The first kappa shape index (κ1) is 23.0. The summed E-state index contributed by atoms with van der Waals surface area (Å²) in [7, 11) is 0. The van der Waals surface area contributed by atoms with Gasteiger partial charge in [-0.25, -0.2) is 0 Å². The van der Waals surface area contributed by atoms with Crippen LogP contribution in [0.3, 0.4) is 0 Å². The molecule has 0 aliphatic heterocycles. The SMILES string of the molecule is N[C@@H](C[Se][Se]C[C@H](N)C(=O)[O-])C(=O)[O-].[Na+].[Na+]. The van der Waals surface area contributed by atoms with Gasteiger partial charge < -0.3 is 0 Å². The number of hydrogen-bond donors (Lipinski definition) is 2. The number of hydrogen-bond acceptors (Lipinski definition) is 6. The number of rotatable bonds is 7. The summed E-state index contributed by atoms with van der Waals surface area (Å²) in [4.78, 5) is 20.4. The minimum atomic E-state index is -1.27. The maximum atomic E-state index is 10.2. The molecule has 0 spiro atoms. The van der Waals surface area contributed by atoms with Gasteiger partial charge in [0.2, 0.25) is 0 Å². The zero-order valence-corrected chi connectivity index (χ0v) is 16.6. The first-order valence-corrected chi connectivity index (χ1v) is 10.4. The van der Waals surface area contributed by atoms with Gasteiger partial charge in [-0.2, -0.15) is 0 Å². The van der Waals surface area contributed by atoms with Crippen LogP contribution in [-0.4, -0.2) is 50.3 Å². The van der Waals surface area contributed by atoms with Crippen LogP contribution in [0.4, 0.5) is 0 Å². The van der Waals surface area contributed by atoms with Crippen LogP contribution >= 0.6 is 0 Å². The summed E-state index contributed by atoms with van der Waals surface area (Å²) < 4.78 is 0. The van der Waals surface area contributed by atoms with Crippen molar-refractivity contribution < 1.29 is 78.9 Å². The van der Waals surface area contributed by atoms with E-state index < -0.39 is 24.0 Å². The number of nitrogens with two attached hydrogens (primary N) is 2. The summed E-state index contributed by atoms with van der Waals surface area (Å²) in [6.45, 7) is 0. The van der Waals surface area contributed by atoms with Gasteiger partial charge in [-0.15, -0.1) is 0 Å². The molecule has 82 valence electrons. The Morgan fingerprint density at radius 3 is 1.38 bits per heavy atom. The van der Waals surface area contributed by atoms with Gasteiger partial charge in [-0.05, 0) is 0 Å². The van der Waals surface area contributed by atoms with Crippen molar-refractivity contribution >= 4 is 38.2 Å². The van der Waals surface area contributed by atoms with E-state index in [2.05, 4.69) is 0 Å². The largest absolute Gasteiger partial charge is 1.00 e. The van der Waals surface area contributed by atoms with Crippen molar-refractivity contribution in [3.63, 3.8) is 0 Å². The molecule has 4 N–H and O–H groups in total. The number of carboxylic acids is 2. The van der Waals surface area contributed by atoms with E-state index in [1.165, 1.54) is 0 Å². The molecule has 0 unspecified atom stereocenters. The fourth-order valence-electron chi connectivity index (χ4n) is 0.379. The van der Waals surface area contributed by atoms with Gasteiger partial charge in [0.1, 0.15) is 0 Å². The molecule has 6 nitrogen and oxygen atoms in total. The zero-order chi connectivity index (χ0) is 11.1. The summed E-state index contributed by atoms with van der Waals surface area (Å²) in [5, 5.41) is 21.1. The van der Waals surface area contributed by atoms with Gasteiger partial charge >= 0.3 is 151 Å². The van der Waals surface area contributed by atoms with Crippen LogP contribution in [0.25, 0.3) is 0 Å². The van der Waals surface area contributed by atoms with Crippen LogP contribution in [0.2, 0.25) is 10.6 Å². The topological polar surface area (TPSA) is 132 Å². The van der Waals surface area contributed by atoms with Crippen LogP contribution in [0, 0.1) is 0 Å². The quantitative estimate of drug-likeness (QED) is 0.334. The van der Waals surface area contributed by atoms with Crippen molar-refractivity contribution in [2.24, 2.45) is 11.5 Å². The van der Waals surface area contributed by atoms with Gasteiger partial charge in [-0.1, -0.05) is 0 Å². The van der Waals surface area contributed by atoms with Gasteiger partial charge in [-0.3, -0.25) is 0 Å². The van der Waals surface area contributed by atoms with Crippen molar-refractivity contribution in [1.29, 1.82) is 0 Å². The maximum absolute atomic E-state index is 10.2. The van der Waals surface area contributed by atoms with Crippen molar-refractivity contribution in [1.82, 2.24) is 0 Å². The Bertz CT molecular complexity index is 201. The number of aliphatic carboxylic acids is 2. The second-order valence-electron chi connectivity index (χ2n) is 2.42. The smallest absolute Gasteiger partial charge is 1.00 e. The average Bonchev–Trinajstić information content (AvgIpc) is 2.11. The minimum Gasteiger partial charge on any atom is 1.00 e.